The van der Waals surface area contributed by atoms with Gasteiger partial charge in [-0.2, -0.15) is 0 Å². The van der Waals surface area contributed by atoms with Gasteiger partial charge in [-0.3, -0.25) is 14.9 Å². The molecule has 0 radical (unpaired) electrons. The highest BCUT2D eigenvalue weighted by Crippen LogP contribution is 2.23. The van der Waals surface area contributed by atoms with Gasteiger partial charge in [0.25, 0.3) is 5.69 Å². The molecular weight excluding hydrogens is 266 g/mol. The third-order valence-corrected chi connectivity index (χ3v) is 3.72. The molecule has 8 nitrogen and oxygen atoms in total. The minimum absolute atomic E-state index is 0.585. The van der Waals surface area contributed by atoms with Crippen molar-refractivity contribution < 1.29 is 28.0 Å². The summed E-state index contributed by atoms with van der Waals surface area (Å²) in [4.78, 5) is 30.7. The maximum atomic E-state index is 11.5. The number of carboxylic acids is 1. The average Bonchev–Trinajstić information content (AvgIpc) is 2.27. The van der Waals surface area contributed by atoms with Crippen molar-refractivity contribution in [2.24, 2.45) is 0 Å². The number of sulfone groups is 1. The lowest BCUT2D eigenvalue weighted by Gasteiger charge is -2.02. The van der Waals surface area contributed by atoms with Crippen molar-refractivity contribution in [2.75, 3.05) is 0 Å². The molecule has 0 aliphatic heterocycles. The summed E-state index contributed by atoms with van der Waals surface area (Å²) in [5.74, 6) is -1.65. The SMILES string of the molecule is CC(=O)S(=O)(=O)c1ccc([N+](=O)[O-])c(C(=O)O)c1. The first-order valence-electron chi connectivity index (χ1n) is 4.45. The molecule has 0 unspecified atom stereocenters. The highest BCUT2D eigenvalue weighted by molar-refractivity contribution is 8.06. The van der Waals surface area contributed by atoms with Crippen LogP contribution >= 0.6 is 0 Å². The van der Waals surface area contributed by atoms with Crippen LogP contribution in [0.15, 0.2) is 23.1 Å². The standard InChI is InChI=1S/C9H7NO7S/c1-5(11)18(16,17)6-2-3-8(10(14)15)7(4-6)9(12)13/h2-4H,1H3,(H,12,13). The minimum Gasteiger partial charge on any atom is -0.477 e. The van der Waals surface area contributed by atoms with Crippen molar-refractivity contribution in [1.29, 1.82) is 0 Å². The summed E-state index contributed by atoms with van der Waals surface area (Å²) in [6.07, 6.45) is 0. The van der Waals surface area contributed by atoms with Crippen molar-refractivity contribution >= 4 is 26.6 Å². The molecule has 1 rings (SSSR count). The molecule has 0 saturated heterocycles. The van der Waals surface area contributed by atoms with E-state index in [9.17, 15) is 28.1 Å². The number of hydrogen-bond donors (Lipinski definition) is 1. The maximum Gasteiger partial charge on any atom is 0.342 e. The van der Waals surface area contributed by atoms with Gasteiger partial charge in [0.05, 0.1) is 9.82 Å². The number of carbonyl (C=O) groups excluding carboxylic acids is 1. The molecule has 0 atom stereocenters. The van der Waals surface area contributed by atoms with E-state index in [0.717, 1.165) is 19.1 Å². The van der Waals surface area contributed by atoms with Crippen LogP contribution < -0.4 is 0 Å². The number of rotatable bonds is 3. The molecule has 1 aromatic rings. The number of benzene rings is 1. The van der Waals surface area contributed by atoms with E-state index in [-0.39, 0.29) is 0 Å². The largest absolute Gasteiger partial charge is 0.477 e. The van der Waals surface area contributed by atoms with E-state index in [0.29, 0.717) is 6.07 Å². The number of nitrogens with zero attached hydrogens (tertiary/aromatic N) is 1. The average molecular weight is 273 g/mol. The molecule has 9 heteroatoms. The maximum absolute atomic E-state index is 11.5. The van der Waals surface area contributed by atoms with E-state index in [1.807, 2.05) is 0 Å². The van der Waals surface area contributed by atoms with Crippen molar-refractivity contribution in [3.8, 4) is 0 Å². The van der Waals surface area contributed by atoms with Crippen LogP contribution in [0.1, 0.15) is 17.3 Å². The zero-order valence-corrected chi connectivity index (χ0v) is 9.80. The van der Waals surface area contributed by atoms with Crippen LogP contribution in [-0.4, -0.2) is 29.5 Å². The summed E-state index contributed by atoms with van der Waals surface area (Å²) in [7, 11) is -4.30. The van der Waals surface area contributed by atoms with Gasteiger partial charge < -0.3 is 5.11 Å². The summed E-state index contributed by atoms with van der Waals surface area (Å²) in [6, 6.07) is 2.15. The molecule has 18 heavy (non-hydrogen) atoms. The molecule has 0 aromatic heterocycles. The zero-order valence-electron chi connectivity index (χ0n) is 8.98. The summed E-state index contributed by atoms with van der Waals surface area (Å²) in [5, 5.41) is 18.1. The summed E-state index contributed by atoms with van der Waals surface area (Å²) in [6.45, 7) is 0.803. The van der Waals surface area contributed by atoms with Crippen molar-refractivity contribution in [3.63, 3.8) is 0 Å². The number of nitro groups is 1. The second-order valence-corrected chi connectivity index (χ2v) is 5.29. The van der Waals surface area contributed by atoms with E-state index < -0.39 is 42.0 Å². The smallest absolute Gasteiger partial charge is 0.342 e. The lowest BCUT2D eigenvalue weighted by Crippen LogP contribution is -2.12. The molecule has 96 valence electrons. The van der Waals surface area contributed by atoms with Gasteiger partial charge in [0.2, 0.25) is 15.0 Å². The van der Waals surface area contributed by atoms with Gasteiger partial charge in [0.15, 0.2) is 0 Å². The van der Waals surface area contributed by atoms with E-state index in [2.05, 4.69) is 0 Å². The van der Waals surface area contributed by atoms with Crippen LogP contribution in [0.5, 0.6) is 0 Å². The topological polar surface area (TPSA) is 132 Å². The van der Waals surface area contributed by atoms with E-state index in [4.69, 9.17) is 5.11 Å². The van der Waals surface area contributed by atoms with Crippen molar-refractivity contribution in [2.45, 2.75) is 11.8 Å². The van der Waals surface area contributed by atoms with Crippen molar-refractivity contribution in [3.05, 3.63) is 33.9 Å². The lowest BCUT2D eigenvalue weighted by atomic mass is 10.2. The molecule has 0 spiro atoms. The molecule has 0 amide bonds. The highest BCUT2D eigenvalue weighted by atomic mass is 32.2. The Morgan fingerprint density at radius 1 is 1.33 bits per heavy atom. The Kier molecular flexibility index (Phi) is 3.47. The van der Waals surface area contributed by atoms with Gasteiger partial charge in [-0.25, -0.2) is 13.2 Å². The van der Waals surface area contributed by atoms with E-state index in [1.54, 1.807) is 0 Å². The predicted molar refractivity (Wildman–Crippen MR) is 57.9 cm³/mol. The summed E-state index contributed by atoms with van der Waals surface area (Å²) in [5.41, 5.74) is -1.53. The Morgan fingerprint density at radius 3 is 2.28 bits per heavy atom. The molecule has 0 heterocycles. The van der Waals surface area contributed by atoms with Gasteiger partial charge in [-0.15, -0.1) is 0 Å². The van der Waals surface area contributed by atoms with Gasteiger partial charge in [-0.1, -0.05) is 0 Å². The summed E-state index contributed by atoms with van der Waals surface area (Å²) < 4.78 is 23.0. The van der Waals surface area contributed by atoms with Crippen LogP contribution in [0.3, 0.4) is 0 Å². The highest BCUT2D eigenvalue weighted by Gasteiger charge is 2.26. The minimum atomic E-state index is -4.30. The fraction of sp³-hybridized carbons (Fsp3) is 0.111. The lowest BCUT2D eigenvalue weighted by molar-refractivity contribution is -0.385. The number of carbonyl (C=O) groups is 2. The Labute approximate surface area is 101 Å². The molecule has 1 aromatic carbocycles. The van der Waals surface area contributed by atoms with Crippen LogP contribution in [-0.2, 0) is 14.6 Å². The molecule has 0 aliphatic carbocycles. The molecule has 1 N–H and O–H groups in total. The van der Waals surface area contributed by atoms with E-state index >= 15 is 0 Å². The fourth-order valence-corrected chi connectivity index (χ4v) is 2.03. The normalized spacial score (nSPS) is 10.9. The van der Waals surface area contributed by atoms with Gasteiger partial charge in [0, 0.05) is 13.0 Å². The van der Waals surface area contributed by atoms with Crippen LogP contribution in [0.25, 0.3) is 0 Å². The third kappa shape index (κ3) is 2.35. The molecule has 0 saturated carbocycles. The van der Waals surface area contributed by atoms with Gasteiger partial charge >= 0.3 is 5.97 Å². The Bertz CT molecular complexity index is 647. The summed E-state index contributed by atoms with van der Waals surface area (Å²) >= 11 is 0. The monoisotopic (exact) mass is 273 g/mol. The molecule has 0 aliphatic rings. The van der Waals surface area contributed by atoms with Gasteiger partial charge in [-0.05, 0) is 12.1 Å². The predicted octanol–water partition coefficient (Wildman–Crippen LogP) is 0.613. The number of carboxylic acid groups (broad SMARTS) is 1. The quantitative estimate of drug-likeness (QED) is 0.630. The second-order valence-electron chi connectivity index (χ2n) is 3.24. The van der Waals surface area contributed by atoms with Crippen LogP contribution in [0, 0.1) is 10.1 Å². The zero-order chi connectivity index (χ0) is 14.1. The van der Waals surface area contributed by atoms with Crippen LogP contribution in [0.2, 0.25) is 0 Å². The van der Waals surface area contributed by atoms with Crippen LogP contribution in [0.4, 0.5) is 5.69 Å². The van der Waals surface area contributed by atoms with E-state index in [1.165, 1.54) is 0 Å². The third-order valence-electron chi connectivity index (χ3n) is 2.08. The van der Waals surface area contributed by atoms with Gasteiger partial charge in [0.1, 0.15) is 5.56 Å². The number of hydrogen-bond acceptors (Lipinski definition) is 6. The Balaban J connectivity index is 3.56. The Hall–Kier alpha value is -2.29. The fourth-order valence-electron chi connectivity index (χ4n) is 1.18. The number of nitro benzene ring substituents is 1. The first-order chi connectivity index (χ1) is 8.17. The molecule has 0 bridgehead atoms. The first-order valence-corrected chi connectivity index (χ1v) is 5.93. The Morgan fingerprint density at radius 2 is 1.89 bits per heavy atom. The van der Waals surface area contributed by atoms with Crippen molar-refractivity contribution in [1.82, 2.24) is 0 Å². The first kappa shape index (κ1) is 13.8. The molecule has 0 fully saturated rings. The number of aromatic carboxylic acids is 1. The molecular formula is C9H7NO7S. The second kappa shape index (κ2) is 4.53.